The van der Waals surface area contributed by atoms with Crippen molar-refractivity contribution in [2.75, 3.05) is 4.72 Å². The summed E-state index contributed by atoms with van der Waals surface area (Å²) in [5.41, 5.74) is -0.240. The summed E-state index contributed by atoms with van der Waals surface area (Å²) in [6.45, 7) is 0. The van der Waals surface area contributed by atoms with Gasteiger partial charge >= 0.3 is 5.97 Å². The Morgan fingerprint density at radius 1 is 1.35 bits per heavy atom. The topological polar surface area (TPSA) is 96.4 Å². The Bertz CT molecular complexity index is 773. The van der Waals surface area contributed by atoms with E-state index in [1.165, 1.54) is 35.6 Å². The van der Waals surface area contributed by atoms with Crippen LogP contribution in [0.5, 0.6) is 0 Å². The van der Waals surface area contributed by atoms with Gasteiger partial charge in [0.25, 0.3) is 10.0 Å². The van der Waals surface area contributed by atoms with Gasteiger partial charge in [-0.25, -0.2) is 18.2 Å². The van der Waals surface area contributed by atoms with Gasteiger partial charge in [0.1, 0.15) is 10.7 Å². The molecule has 20 heavy (non-hydrogen) atoms. The first-order valence-corrected chi connectivity index (χ1v) is 8.86. The van der Waals surface area contributed by atoms with Gasteiger partial charge in [0.15, 0.2) is 5.69 Å². The average molecular weight is 442 g/mol. The van der Waals surface area contributed by atoms with Crippen LogP contribution in [0, 0.1) is 0 Å². The number of anilines is 1. The van der Waals surface area contributed by atoms with E-state index in [0.29, 0.717) is 7.57 Å². The van der Waals surface area contributed by atoms with Gasteiger partial charge in [0.2, 0.25) is 0 Å². The fourth-order valence-electron chi connectivity index (χ4n) is 1.31. The van der Waals surface area contributed by atoms with Crippen LogP contribution in [0.2, 0.25) is 0 Å². The van der Waals surface area contributed by atoms with Crippen molar-refractivity contribution in [3.8, 4) is 0 Å². The zero-order valence-corrected chi connectivity index (χ0v) is 14.3. The molecule has 2 N–H and O–H groups in total. The minimum absolute atomic E-state index is 0.0527. The molecule has 106 valence electrons. The van der Waals surface area contributed by atoms with Gasteiger partial charge in [-0.1, -0.05) is 6.07 Å². The second-order valence-electron chi connectivity index (χ2n) is 3.51. The van der Waals surface area contributed by atoms with Gasteiger partial charge in [-0.2, -0.15) is 0 Å². The molecule has 0 aliphatic heterocycles. The van der Waals surface area contributed by atoms with Crippen LogP contribution in [0.3, 0.4) is 0 Å². The molecule has 0 bridgehead atoms. The highest BCUT2D eigenvalue weighted by Crippen LogP contribution is 2.35. The lowest BCUT2D eigenvalue weighted by molar-refractivity contribution is 0.0690. The lowest BCUT2D eigenvalue weighted by Gasteiger charge is -2.06. The van der Waals surface area contributed by atoms with Gasteiger partial charge in [0.05, 0.1) is 7.57 Å². The number of hydrogen-bond donors (Lipinski definition) is 2. The minimum Gasteiger partial charge on any atom is -0.477 e. The lowest BCUT2D eigenvalue weighted by atomic mass is 10.3. The molecule has 0 radical (unpaired) electrons. The maximum atomic E-state index is 12.2. The number of halogens is 2. The van der Waals surface area contributed by atoms with E-state index >= 15 is 0 Å². The molecule has 0 unspecified atom stereocenters. The summed E-state index contributed by atoms with van der Waals surface area (Å²) < 4.78 is 27.7. The molecule has 2 rings (SSSR count). The molecule has 2 aromatic rings. The Labute approximate surface area is 135 Å². The Morgan fingerprint density at radius 2 is 2.05 bits per heavy atom. The highest BCUT2D eigenvalue weighted by atomic mass is 79.9. The van der Waals surface area contributed by atoms with Crippen LogP contribution in [0.1, 0.15) is 10.5 Å². The predicted octanol–water partition coefficient (Wildman–Crippen LogP) is 3.17. The normalized spacial score (nSPS) is 11.3. The van der Waals surface area contributed by atoms with E-state index in [1.54, 1.807) is 0 Å². The van der Waals surface area contributed by atoms with Crippen LogP contribution in [-0.4, -0.2) is 24.5 Å². The molecule has 0 aliphatic carbocycles. The first-order chi connectivity index (χ1) is 9.29. The Balaban J connectivity index is 2.36. The zero-order chi connectivity index (χ0) is 14.9. The van der Waals surface area contributed by atoms with Crippen molar-refractivity contribution in [2.45, 2.75) is 4.90 Å². The summed E-state index contributed by atoms with van der Waals surface area (Å²) in [6.07, 6.45) is 0. The molecule has 2 aromatic heterocycles. The first-order valence-electron chi connectivity index (χ1n) is 4.97. The number of carboxylic acids is 1. The van der Waals surface area contributed by atoms with Crippen LogP contribution in [-0.2, 0) is 10.0 Å². The number of carbonyl (C=O) groups is 1. The van der Waals surface area contributed by atoms with Crippen molar-refractivity contribution < 1.29 is 18.3 Å². The summed E-state index contributed by atoms with van der Waals surface area (Å²) in [7, 11) is -3.84. The maximum absolute atomic E-state index is 12.2. The van der Waals surface area contributed by atoms with Crippen molar-refractivity contribution in [1.82, 2.24) is 4.98 Å². The van der Waals surface area contributed by atoms with Gasteiger partial charge in [-0.15, -0.1) is 11.3 Å². The smallest absolute Gasteiger partial charge is 0.354 e. The molecule has 6 nitrogen and oxygen atoms in total. The molecule has 0 atom stereocenters. The maximum Gasteiger partial charge on any atom is 0.354 e. The van der Waals surface area contributed by atoms with E-state index in [-0.39, 0.29) is 16.4 Å². The van der Waals surface area contributed by atoms with E-state index < -0.39 is 16.0 Å². The monoisotopic (exact) mass is 440 g/mol. The summed E-state index contributed by atoms with van der Waals surface area (Å²) in [5.74, 6) is -1.29. The second-order valence-corrected chi connectivity index (χ2v) is 8.91. The molecule has 0 saturated carbocycles. The number of aromatic nitrogens is 1. The molecule has 2 heterocycles. The van der Waals surface area contributed by atoms with Crippen LogP contribution in [0.15, 0.2) is 36.7 Å². The third kappa shape index (κ3) is 3.37. The average Bonchev–Trinajstić information content (AvgIpc) is 2.69. The number of nitrogens with zero attached hydrogens (tertiary/aromatic N) is 1. The number of hydrogen-bond acceptors (Lipinski definition) is 5. The van der Waals surface area contributed by atoms with E-state index in [2.05, 4.69) is 41.6 Å². The number of thiophene rings is 1. The minimum atomic E-state index is -3.84. The van der Waals surface area contributed by atoms with Crippen LogP contribution in [0.4, 0.5) is 5.82 Å². The molecule has 0 fully saturated rings. The fourth-order valence-corrected chi connectivity index (χ4v) is 6.13. The Morgan fingerprint density at radius 3 is 2.60 bits per heavy atom. The lowest BCUT2D eigenvalue weighted by Crippen LogP contribution is -2.14. The zero-order valence-electron chi connectivity index (χ0n) is 9.50. The van der Waals surface area contributed by atoms with Gasteiger partial charge in [0, 0.05) is 0 Å². The number of nitrogens with one attached hydrogen (secondary N) is 1. The van der Waals surface area contributed by atoms with Crippen LogP contribution in [0.25, 0.3) is 0 Å². The highest BCUT2D eigenvalue weighted by Gasteiger charge is 2.21. The molecule has 0 aliphatic rings. The number of aromatic carboxylic acids is 1. The van der Waals surface area contributed by atoms with Crippen molar-refractivity contribution in [3.05, 3.63) is 37.5 Å². The molecular formula is C10H6Br2N2O4S2. The molecule has 0 saturated heterocycles. The predicted molar refractivity (Wildman–Crippen MR) is 81.7 cm³/mol. The van der Waals surface area contributed by atoms with Gasteiger partial charge in [-0.05, 0) is 50.1 Å². The molecule has 0 aromatic carbocycles. The van der Waals surface area contributed by atoms with Crippen molar-refractivity contribution in [2.24, 2.45) is 0 Å². The third-order valence-electron chi connectivity index (χ3n) is 2.12. The quantitative estimate of drug-likeness (QED) is 0.759. The van der Waals surface area contributed by atoms with Crippen molar-refractivity contribution in [1.29, 1.82) is 0 Å². The van der Waals surface area contributed by atoms with Crippen LogP contribution < -0.4 is 4.72 Å². The highest BCUT2D eigenvalue weighted by molar-refractivity contribution is 9.12. The SMILES string of the molecule is O=C(O)c1cccc(NS(=O)(=O)c2cc(Br)sc2Br)n1. The number of rotatable bonds is 4. The third-order valence-corrected chi connectivity index (χ3v) is 6.23. The molecular weight excluding hydrogens is 436 g/mol. The molecule has 10 heteroatoms. The summed E-state index contributed by atoms with van der Waals surface area (Å²) in [5, 5.41) is 8.82. The van der Waals surface area contributed by atoms with E-state index in [9.17, 15) is 13.2 Å². The first kappa shape index (κ1) is 15.4. The molecule has 0 spiro atoms. The van der Waals surface area contributed by atoms with Gasteiger partial charge in [-0.3, -0.25) is 4.72 Å². The Kier molecular flexibility index (Phi) is 4.47. The number of carboxylic acid groups (broad SMARTS) is 1. The number of pyridine rings is 1. The van der Waals surface area contributed by atoms with Crippen molar-refractivity contribution >= 4 is 65.0 Å². The Hall–Kier alpha value is -0.970. The van der Waals surface area contributed by atoms with E-state index in [0.717, 1.165) is 0 Å². The summed E-state index contributed by atoms with van der Waals surface area (Å²) in [4.78, 5) is 14.6. The van der Waals surface area contributed by atoms with E-state index in [4.69, 9.17) is 5.11 Å². The summed E-state index contributed by atoms with van der Waals surface area (Å²) in [6, 6.07) is 5.50. The van der Waals surface area contributed by atoms with Crippen LogP contribution >= 0.6 is 43.2 Å². The fraction of sp³-hybridized carbons (Fsp3) is 0. The van der Waals surface area contributed by atoms with Crippen molar-refractivity contribution in [3.63, 3.8) is 0 Å². The van der Waals surface area contributed by atoms with E-state index in [1.807, 2.05) is 0 Å². The standard InChI is InChI=1S/C10H6Br2N2O4S2/c11-7-4-6(9(12)19-7)20(17,18)14-8-3-1-2-5(13-8)10(15)16/h1-4H,(H,13,14)(H,15,16). The summed E-state index contributed by atoms with van der Waals surface area (Å²) >= 11 is 7.57. The number of sulfonamides is 1. The van der Waals surface area contributed by atoms with Gasteiger partial charge < -0.3 is 5.11 Å². The molecule has 0 amide bonds. The second kappa shape index (κ2) is 5.80. The largest absolute Gasteiger partial charge is 0.477 e.